The average molecular weight is 479 g/mol. The highest BCUT2D eigenvalue weighted by molar-refractivity contribution is 7.98. The summed E-state index contributed by atoms with van der Waals surface area (Å²) in [5, 5.41) is 13.6. The van der Waals surface area contributed by atoms with Crippen molar-refractivity contribution in [3.05, 3.63) is 94.3 Å². The quantitative estimate of drug-likeness (QED) is 0.236. The predicted octanol–water partition coefficient (Wildman–Crippen LogP) is 6.96. The van der Waals surface area contributed by atoms with E-state index in [1.165, 1.54) is 5.56 Å². The smallest absolute Gasteiger partial charge is 0.192 e. The van der Waals surface area contributed by atoms with Gasteiger partial charge in [-0.25, -0.2) is 4.98 Å². The zero-order valence-electron chi connectivity index (χ0n) is 17.2. The van der Waals surface area contributed by atoms with Crippen LogP contribution in [0.5, 0.6) is 0 Å². The summed E-state index contributed by atoms with van der Waals surface area (Å²) in [5.41, 5.74) is 4.23. The Balaban J connectivity index is 1.39. The number of hydrogen-bond donors (Lipinski definition) is 0. The largest absolute Gasteiger partial charge is 0.469 e. The van der Waals surface area contributed by atoms with Gasteiger partial charge in [-0.2, -0.15) is 0 Å². The van der Waals surface area contributed by atoms with E-state index in [0.29, 0.717) is 12.3 Å². The van der Waals surface area contributed by atoms with Crippen molar-refractivity contribution in [3.63, 3.8) is 0 Å². The van der Waals surface area contributed by atoms with Crippen molar-refractivity contribution in [3.8, 4) is 22.0 Å². The van der Waals surface area contributed by atoms with Crippen molar-refractivity contribution in [1.29, 1.82) is 0 Å². The number of nitrogens with zero attached hydrogens (tertiary/aromatic N) is 4. The second kappa shape index (κ2) is 9.32. The van der Waals surface area contributed by atoms with Crippen LogP contribution in [0.15, 0.2) is 81.9 Å². The van der Waals surface area contributed by atoms with Crippen molar-refractivity contribution in [2.24, 2.45) is 0 Å². The van der Waals surface area contributed by atoms with Crippen LogP contribution < -0.4 is 0 Å². The second-order valence-corrected chi connectivity index (χ2v) is 9.44. The molecule has 0 amide bonds. The van der Waals surface area contributed by atoms with Gasteiger partial charge in [0.05, 0.1) is 24.1 Å². The first kappa shape index (κ1) is 21.0. The SMILES string of the molecule is Cc1occc1-c1nnc(SCc2csc(-c3ccc(Cl)cc3)n2)n1Cc1ccccc1. The fourth-order valence-corrected chi connectivity index (χ4v) is 5.24. The molecule has 0 saturated carbocycles. The molecule has 8 heteroatoms. The molecule has 3 aromatic heterocycles. The number of benzene rings is 2. The normalized spacial score (nSPS) is 11.2. The lowest BCUT2D eigenvalue weighted by Crippen LogP contribution is -2.04. The summed E-state index contributed by atoms with van der Waals surface area (Å²) in [6.45, 7) is 2.63. The summed E-state index contributed by atoms with van der Waals surface area (Å²) in [4.78, 5) is 4.79. The molecular weight excluding hydrogens is 460 g/mol. The minimum Gasteiger partial charge on any atom is -0.469 e. The maximum Gasteiger partial charge on any atom is 0.192 e. The average Bonchev–Trinajstić information content (AvgIpc) is 3.54. The van der Waals surface area contributed by atoms with Gasteiger partial charge in [-0.3, -0.25) is 4.57 Å². The molecule has 32 heavy (non-hydrogen) atoms. The highest BCUT2D eigenvalue weighted by Gasteiger charge is 2.18. The number of aryl methyl sites for hydroxylation is 1. The van der Waals surface area contributed by atoms with E-state index < -0.39 is 0 Å². The standard InChI is InChI=1S/C24H19ClN4OS2/c1-16-21(11-12-30-16)22-27-28-24(29(22)13-17-5-3-2-4-6-17)32-15-20-14-31-23(26-20)18-7-9-19(25)10-8-18/h2-12,14H,13,15H2,1H3. The molecule has 0 atom stereocenters. The van der Waals surface area contributed by atoms with E-state index in [9.17, 15) is 0 Å². The molecule has 5 aromatic rings. The van der Waals surface area contributed by atoms with E-state index in [0.717, 1.165) is 43.6 Å². The van der Waals surface area contributed by atoms with Crippen LogP contribution in [0.2, 0.25) is 5.02 Å². The summed E-state index contributed by atoms with van der Waals surface area (Å²) in [6.07, 6.45) is 1.69. The Morgan fingerprint density at radius 3 is 2.59 bits per heavy atom. The van der Waals surface area contributed by atoms with Crippen LogP contribution in [-0.4, -0.2) is 19.7 Å². The summed E-state index contributed by atoms with van der Waals surface area (Å²) < 4.78 is 7.65. The molecular formula is C24H19ClN4OS2. The van der Waals surface area contributed by atoms with Crippen LogP contribution in [0, 0.1) is 6.92 Å². The Hall–Kier alpha value is -2.87. The zero-order valence-corrected chi connectivity index (χ0v) is 19.6. The van der Waals surface area contributed by atoms with Crippen molar-refractivity contribution >= 4 is 34.7 Å². The predicted molar refractivity (Wildman–Crippen MR) is 130 cm³/mol. The Kier molecular flexibility index (Phi) is 6.12. The fraction of sp³-hybridized carbons (Fsp3) is 0.125. The van der Waals surface area contributed by atoms with Crippen LogP contribution >= 0.6 is 34.7 Å². The molecule has 0 bridgehead atoms. The van der Waals surface area contributed by atoms with Gasteiger partial charge in [0.15, 0.2) is 11.0 Å². The summed E-state index contributed by atoms with van der Waals surface area (Å²) in [7, 11) is 0. The van der Waals surface area contributed by atoms with E-state index in [1.807, 2.05) is 55.5 Å². The molecule has 0 aliphatic heterocycles. The first-order chi connectivity index (χ1) is 15.7. The maximum atomic E-state index is 6.00. The molecule has 0 aliphatic carbocycles. The fourth-order valence-electron chi connectivity index (χ4n) is 3.36. The van der Waals surface area contributed by atoms with Crippen molar-refractivity contribution < 1.29 is 4.42 Å². The van der Waals surface area contributed by atoms with Gasteiger partial charge in [0.1, 0.15) is 10.8 Å². The number of aromatic nitrogens is 4. The monoisotopic (exact) mass is 478 g/mol. The number of hydrogen-bond acceptors (Lipinski definition) is 6. The summed E-state index contributed by atoms with van der Waals surface area (Å²) >= 11 is 9.27. The van der Waals surface area contributed by atoms with Gasteiger partial charge in [-0.1, -0.05) is 65.8 Å². The minimum atomic E-state index is 0.684. The highest BCUT2D eigenvalue weighted by Crippen LogP contribution is 2.31. The molecule has 0 aliphatic rings. The van der Waals surface area contributed by atoms with Crippen LogP contribution in [0.1, 0.15) is 17.0 Å². The molecule has 0 spiro atoms. The first-order valence-electron chi connectivity index (χ1n) is 10.0. The van der Waals surface area contributed by atoms with E-state index in [2.05, 4.69) is 32.3 Å². The van der Waals surface area contributed by atoms with Crippen LogP contribution in [-0.2, 0) is 12.3 Å². The van der Waals surface area contributed by atoms with Gasteiger partial charge < -0.3 is 4.42 Å². The van der Waals surface area contributed by atoms with Crippen LogP contribution in [0.25, 0.3) is 22.0 Å². The summed E-state index contributed by atoms with van der Waals surface area (Å²) in [5.74, 6) is 2.35. The highest BCUT2D eigenvalue weighted by atomic mass is 35.5. The third kappa shape index (κ3) is 4.50. The Morgan fingerprint density at radius 2 is 1.84 bits per heavy atom. The molecule has 160 valence electrons. The Morgan fingerprint density at radius 1 is 1.03 bits per heavy atom. The van der Waals surface area contributed by atoms with E-state index >= 15 is 0 Å². The third-order valence-electron chi connectivity index (χ3n) is 4.99. The third-order valence-corrected chi connectivity index (χ3v) is 7.18. The molecule has 0 fully saturated rings. The molecule has 2 aromatic carbocycles. The van der Waals surface area contributed by atoms with Gasteiger partial charge in [-0.15, -0.1) is 21.5 Å². The number of thioether (sulfide) groups is 1. The van der Waals surface area contributed by atoms with Crippen LogP contribution in [0.4, 0.5) is 0 Å². The molecule has 0 N–H and O–H groups in total. The zero-order chi connectivity index (χ0) is 21.9. The van der Waals surface area contributed by atoms with Crippen molar-refractivity contribution in [2.75, 3.05) is 0 Å². The second-order valence-electron chi connectivity index (χ2n) is 7.21. The van der Waals surface area contributed by atoms with Gasteiger partial charge in [0, 0.05) is 21.7 Å². The first-order valence-corrected chi connectivity index (χ1v) is 12.3. The lowest BCUT2D eigenvalue weighted by Gasteiger charge is -2.10. The van der Waals surface area contributed by atoms with E-state index in [1.54, 1.807) is 29.4 Å². The summed E-state index contributed by atoms with van der Waals surface area (Å²) in [6, 6.07) is 20.0. The lowest BCUT2D eigenvalue weighted by molar-refractivity contribution is 0.534. The topological polar surface area (TPSA) is 56.7 Å². The van der Waals surface area contributed by atoms with Crippen molar-refractivity contribution in [1.82, 2.24) is 19.7 Å². The Labute approximate surface area is 199 Å². The maximum absolute atomic E-state index is 6.00. The Bertz CT molecular complexity index is 1330. The van der Waals surface area contributed by atoms with Gasteiger partial charge in [0.2, 0.25) is 0 Å². The van der Waals surface area contributed by atoms with Crippen molar-refractivity contribution in [2.45, 2.75) is 24.4 Å². The van der Waals surface area contributed by atoms with E-state index in [-0.39, 0.29) is 0 Å². The molecule has 5 rings (SSSR count). The number of rotatable bonds is 7. The van der Waals surface area contributed by atoms with E-state index in [4.69, 9.17) is 21.0 Å². The molecule has 0 saturated heterocycles. The van der Waals surface area contributed by atoms with Gasteiger partial charge >= 0.3 is 0 Å². The molecule has 5 nitrogen and oxygen atoms in total. The number of furan rings is 1. The van der Waals surface area contributed by atoms with Gasteiger partial charge in [-0.05, 0) is 30.7 Å². The molecule has 0 radical (unpaired) electrons. The molecule has 0 unspecified atom stereocenters. The number of thiazole rings is 1. The number of halogens is 1. The van der Waals surface area contributed by atoms with Crippen LogP contribution in [0.3, 0.4) is 0 Å². The minimum absolute atomic E-state index is 0.684. The molecule has 3 heterocycles. The van der Waals surface area contributed by atoms with Gasteiger partial charge in [0.25, 0.3) is 0 Å². The lowest BCUT2D eigenvalue weighted by atomic mass is 10.2.